The van der Waals surface area contributed by atoms with Gasteiger partial charge < -0.3 is 4.55 Å². The summed E-state index contributed by atoms with van der Waals surface area (Å²) in [6.07, 6.45) is 10.4. The molecule has 2 saturated carbocycles. The smallest absolute Gasteiger partial charge is 0.180 e. The van der Waals surface area contributed by atoms with Gasteiger partial charge in [0.25, 0.3) is 0 Å². The lowest BCUT2D eigenvalue weighted by atomic mass is 9.81. The van der Waals surface area contributed by atoms with Crippen LogP contribution in [0.5, 0.6) is 0 Å². The standard InChI is InChI=1S/C24H26F4O3S2/c25-19-21(27)24(33(29,30)31)22(28)20(26)23(19)32-18-13-16(14-7-3-1-4-8-14)11-12-17(18)15-9-5-2-6-10-15/h11-15H,1-10H2,(H,29,30,31)/p-1. The van der Waals surface area contributed by atoms with E-state index in [0.29, 0.717) is 22.6 Å². The molecule has 0 N–H and O–H groups in total. The Morgan fingerprint density at radius 1 is 0.758 bits per heavy atom. The van der Waals surface area contributed by atoms with Crippen molar-refractivity contribution in [2.24, 2.45) is 0 Å². The number of hydrogen-bond acceptors (Lipinski definition) is 4. The van der Waals surface area contributed by atoms with Gasteiger partial charge in [-0.3, -0.25) is 0 Å². The van der Waals surface area contributed by atoms with Crippen molar-refractivity contribution in [3.63, 3.8) is 0 Å². The third kappa shape index (κ3) is 5.10. The molecule has 0 aromatic heterocycles. The molecule has 2 fully saturated rings. The molecule has 3 nitrogen and oxygen atoms in total. The van der Waals surface area contributed by atoms with E-state index in [9.17, 15) is 30.5 Å². The van der Waals surface area contributed by atoms with Gasteiger partial charge in [0, 0.05) is 4.90 Å². The first-order chi connectivity index (χ1) is 15.7. The van der Waals surface area contributed by atoms with Crippen molar-refractivity contribution in [1.82, 2.24) is 0 Å². The Morgan fingerprint density at radius 2 is 1.27 bits per heavy atom. The Labute approximate surface area is 195 Å². The molecular weight excluding hydrogens is 476 g/mol. The zero-order valence-corrected chi connectivity index (χ0v) is 19.6. The molecule has 0 spiro atoms. The Balaban J connectivity index is 1.80. The van der Waals surface area contributed by atoms with Crippen LogP contribution >= 0.6 is 11.8 Å². The third-order valence-corrected chi connectivity index (χ3v) is 8.80. The van der Waals surface area contributed by atoms with Gasteiger partial charge in [0.05, 0.1) is 4.90 Å². The summed E-state index contributed by atoms with van der Waals surface area (Å²) in [5.74, 6) is -7.63. The van der Waals surface area contributed by atoms with E-state index in [1.54, 1.807) is 0 Å². The van der Waals surface area contributed by atoms with Gasteiger partial charge >= 0.3 is 0 Å². The normalized spacial score (nSPS) is 18.6. The van der Waals surface area contributed by atoms with Crippen molar-refractivity contribution < 1.29 is 30.5 Å². The van der Waals surface area contributed by atoms with Gasteiger partial charge in [-0.15, -0.1) is 0 Å². The maximum Gasteiger partial charge on any atom is 0.180 e. The van der Waals surface area contributed by atoms with Gasteiger partial charge in [-0.1, -0.05) is 62.4 Å². The van der Waals surface area contributed by atoms with Crippen LogP contribution in [-0.2, 0) is 10.1 Å². The Morgan fingerprint density at radius 3 is 1.79 bits per heavy atom. The first-order valence-corrected chi connectivity index (χ1v) is 13.5. The largest absolute Gasteiger partial charge is 0.744 e. The zero-order chi connectivity index (χ0) is 23.8. The molecular formula is C24H25F4O3S2-. The van der Waals surface area contributed by atoms with Gasteiger partial charge in [-0.2, -0.15) is 0 Å². The highest BCUT2D eigenvalue weighted by molar-refractivity contribution is 7.99. The summed E-state index contributed by atoms with van der Waals surface area (Å²) >= 11 is 0.560. The van der Waals surface area contributed by atoms with Crippen molar-refractivity contribution >= 4 is 21.9 Å². The third-order valence-electron chi connectivity index (χ3n) is 6.80. The van der Waals surface area contributed by atoms with E-state index in [4.69, 9.17) is 0 Å². The minimum absolute atomic E-state index is 0.170. The van der Waals surface area contributed by atoms with Crippen molar-refractivity contribution in [1.29, 1.82) is 0 Å². The maximum atomic E-state index is 14.7. The molecule has 0 unspecified atom stereocenters. The molecule has 0 bridgehead atoms. The summed E-state index contributed by atoms with van der Waals surface area (Å²) in [4.78, 5) is -2.58. The van der Waals surface area contributed by atoms with E-state index in [1.165, 1.54) is 6.42 Å². The van der Waals surface area contributed by atoms with Crippen LogP contribution in [0.1, 0.15) is 87.2 Å². The van der Waals surface area contributed by atoms with E-state index in [0.717, 1.165) is 68.9 Å². The maximum absolute atomic E-state index is 14.7. The van der Waals surface area contributed by atoms with Gasteiger partial charge in [0.1, 0.15) is 15.0 Å². The molecule has 0 atom stereocenters. The second-order valence-corrected chi connectivity index (χ2v) is 11.3. The molecule has 2 aromatic rings. The highest BCUT2D eigenvalue weighted by Gasteiger charge is 2.31. The van der Waals surface area contributed by atoms with Crippen LogP contribution in [0.2, 0.25) is 0 Å². The average Bonchev–Trinajstić information content (AvgIpc) is 2.81. The minimum Gasteiger partial charge on any atom is -0.744 e. The fraction of sp³-hybridized carbons (Fsp3) is 0.500. The first-order valence-electron chi connectivity index (χ1n) is 11.3. The molecule has 180 valence electrons. The molecule has 33 heavy (non-hydrogen) atoms. The topological polar surface area (TPSA) is 57.2 Å². The predicted octanol–water partition coefficient (Wildman–Crippen LogP) is 7.39. The predicted molar refractivity (Wildman–Crippen MR) is 116 cm³/mol. The quantitative estimate of drug-likeness (QED) is 0.243. The molecule has 2 aromatic carbocycles. The minimum atomic E-state index is -5.73. The molecule has 2 aliphatic rings. The van der Waals surface area contributed by atoms with Crippen LogP contribution in [0.25, 0.3) is 0 Å². The van der Waals surface area contributed by atoms with Crippen LogP contribution in [0.3, 0.4) is 0 Å². The van der Waals surface area contributed by atoms with Gasteiger partial charge in [0.2, 0.25) is 0 Å². The zero-order valence-electron chi connectivity index (χ0n) is 18.0. The van der Waals surface area contributed by atoms with Crippen LogP contribution in [0.15, 0.2) is 32.9 Å². The Bertz CT molecular complexity index is 1110. The summed E-state index contributed by atoms with van der Waals surface area (Å²) in [5, 5.41) is 0. The second kappa shape index (κ2) is 9.96. The van der Waals surface area contributed by atoms with E-state index < -0.39 is 43.2 Å². The number of hydrogen-bond donors (Lipinski definition) is 0. The Kier molecular flexibility index (Phi) is 7.41. The average molecular weight is 502 g/mol. The van der Waals surface area contributed by atoms with Crippen LogP contribution in [0.4, 0.5) is 17.6 Å². The van der Waals surface area contributed by atoms with E-state index in [2.05, 4.69) is 0 Å². The lowest BCUT2D eigenvalue weighted by molar-refractivity contribution is 0.381. The molecule has 9 heteroatoms. The summed E-state index contributed by atoms with van der Waals surface area (Å²) < 4.78 is 91.6. The number of benzene rings is 2. The lowest BCUT2D eigenvalue weighted by Gasteiger charge is -2.27. The molecule has 0 radical (unpaired) electrons. The van der Waals surface area contributed by atoms with Crippen molar-refractivity contribution in [2.75, 3.05) is 0 Å². The van der Waals surface area contributed by atoms with Crippen LogP contribution in [0, 0.1) is 23.3 Å². The fourth-order valence-corrected chi connectivity index (χ4v) is 6.83. The molecule has 0 amide bonds. The lowest BCUT2D eigenvalue weighted by Crippen LogP contribution is -2.12. The summed E-state index contributed by atoms with van der Waals surface area (Å²) in [7, 11) is -5.73. The summed E-state index contributed by atoms with van der Waals surface area (Å²) in [6.45, 7) is 0. The Hall–Kier alpha value is -1.58. The molecule has 2 aliphatic carbocycles. The SMILES string of the molecule is O=S(=O)([O-])c1c(F)c(F)c(Sc2cc(C3CCCCC3)ccc2C2CCCCC2)c(F)c1F. The second-order valence-electron chi connectivity index (χ2n) is 8.94. The highest BCUT2D eigenvalue weighted by atomic mass is 32.2. The van der Waals surface area contributed by atoms with Crippen molar-refractivity contribution in [3.05, 3.63) is 52.6 Å². The van der Waals surface area contributed by atoms with Crippen LogP contribution in [-0.4, -0.2) is 13.0 Å². The first kappa shape index (κ1) is 24.5. The van der Waals surface area contributed by atoms with E-state index in [-0.39, 0.29) is 5.92 Å². The van der Waals surface area contributed by atoms with E-state index >= 15 is 0 Å². The highest BCUT2D eigenvalue weighted by Crippen LogP contribution is 2.45. The summed E-state index contributed by atoms with van der Waals surface area (Å²) in [5.41, 5.74) is 1.90. The fourth-order valence-electron chi connectivity index (χ4n) is 5.09. The molecule has 0 heterocycles. The van der Waals surface area contributed by atoms with E-state index in [1.807, 2.05) is 18.2 Å². The number of halogens is 4. The van der Waals surface area contributed by atoms with Crippen LogP contribution < -0.4 is 0 Å². The van der Waals surface area contributed by atoms with Crippen molar-refractivity contribution in [3.8, 4) is 0 Å². The van der Waals surface area contributed by atoms with Gasteiger partial charge in [0.15, 0.2) is 23.3 Å². The summed E-state index contributed by atoms with van der Waals surface area (Å²) in [6, 6.07) is 5.86. The van der Waals surface area contributed by atoms with Crippen molar-refractivity contribution in [2.45, 2.75) is 90.7 Å². The monoisotopic (exact) mass is 501 g/mol. The molecule has 0 saturated heterocycles. The number of rotatable bonds is 5. The molecule has 4 rings (SSSR count). The van der Waals surface area contributed by atoms with Gasteiger partial charge in [-0.05, 0) is 54.7 Å². The van der Waals surface area contributed by atoms with Gasteiger partial charge in [-0.25, -0.2) is 26.0 Å². The molecule has 0 aliphatic heterocycles.